The summed E-state index contributed by atoms with van der Waals surface area (Å²) in [6.07, 6.45) is -0.0285. The van der Waals surface area contributed by atoms with Crippen LogP contribution in [0.5, 0.6) is 0 Å². The van der Waals surface area contributed by atoms with E-state index in [9.17, 15) is 14.0 Å². The van der Waals surface area contributed by atoms with Gasteiger partial charge in [-0.25, -0.2) is 9.38 Å². The zero-order chi connectivity index (χ0) is 17.8. The van der Waals surface area contributed by atoms with Gasteiger partial charge in [0.1, 0.15) is 11.1 Å². The Balaban J connectivity index is 1.61. The van der Waals surface area contributed by atoms with E-state index in [4.69, 9.17) is 11.6 Å². The summed E-state index contributed by atoms with van der Waals surface area (Å²) in [4.78, 5) is 28.4. The lowest BCUT2D eigenvalue weighted by atomic mass is 10.2. The predicted molar refractivity (Wildman–Crippen MR) is 97.7 cm³/mol. The molecule has 0 aliphatic carbocycles. The van der Waals surface area contributed by atoms with Gasteiger partial charge in [-0.3, -0.25) is 9.59 Å². The molecule has 1 fully saturated rings. The molecule has 5 nitrogen and oxygen atoms in total. The van der Waals surface area contributed by atoms with Crippen LogP contribution in [0.2, 0.25) is 5.02 Å². The van der Waals surface area contributed by atoms with Crippen molar-refractivity contribution < 1.29 is 14.0 Å². The molecule has 0 spiro atoms. The molecule has 0 radical (unpaired) electrons. The maximum absolute atomic E-state index is 13.1. The zero-order valence-corrected chi connectivity index (χ0v) is 14.4. The molecule has 25 heavy (non-hydrogen) atoms. The first-order chi connectivity index (χ1) is 12.0. The number of rotatable bonds is 4. The molecule has 1 aliphatic heterocycles. The number of amidine groups is 1. The van der Waals surface area contributed by atoms with E-state index in [1.165, 1.54) is 30.0 Å². The minimum absolute atomic E-state index is 0.0285. The Morgan fingerprint density at radius 2 is 2.04 bits per heavy atom. The highest BCUT2D eigenvalue weighted by Crippen LogP contribution is 2.26. The minimum atomic E-state index is -0.571. The molecular weight excluding hydrogens is 365 g/mol. The van der Waals surface area contributed by atoms with Crippen LogP contribution in [0, 0.1) is 5.82 Å². The molecule has 2 N–H and O–H groups in total. The fraction of sp³-hybridized carbons (Fsp3) is 0.118. The molecule has 3 rings (SSSR count). The first-order valence-electron chi connectivity index (χ1n) is 7.37. The second-order valence-electron chi connectivity index (χ2n) is 5.23. The topological polar surface area (TPSA) is 70.6 Å². The number of amides is 2. The van der Waals surface area contributed by atoms with Gasteiger partial charge in [0.25, 0.3) is 0 Å². The van der Waals surface area contributed by atoms with Crippen LogP contribution in [-0.4, -0.2) is 22.2 Å². The SMILES string of the molecule is O=C(C[C@@H]1SC(=Nc2ccccc2)NC1=O)Nc1ccc(F)c(Cl)c1. The molecule has 0 unspecified atom stereocenters. The van der Waals surface area contributed by atoms with Crippen LogP contribution in [0.1, 0.15) is 6.42 Å². The van der Waals surface area contributed by atoms with E-state index < -0.39 is 11.1 Å². The Kier molecular flexibility index (Phi) is 5.35. The Morgan fingerprint density at radius 1 is 1.28 bits per heavy atom. The lowest BCUT2D eigenvalue weighted by Gasteiger charge is -2.08. The highest BCUT2D eigenvalue weighted by Gasteiger charge is 2.32. The standard InChI is InChI=1S/C17H13ClFN3O2S/c18-12-8-11(6-7-13(12)19)20-15(23)9-14-16(24)22-17(25-14)21-10-4-2-1-3-5-10/h1-8,14H,9H2,(H,20,23)(H,21,22,24)/t14-/m0/s1. The van der Waals surface area contributed by atoms with Crippen molar-refractivity contribution in [1.29, 1.82) is 0 Å². The largest absolute Gasteiger partial charge is 0.326 e. The summed E-state index contributed by atoms with van der Waals surface area (Å²) in [7, 11) is 0. The molecule has 1 saturated heterocycles. The van der Waals surface area contributed by atoms with Gasteiger partial charge in [-0.2, -0.15) is 0 Å². The van der Waals surface area contributed by atoms with Gasteiger partial charge in [-0.05, 0) is 30.3 Å². The van der Waals surface area contributed by atoms with Crippen LogP contribution in [0.3, 0.4) is 0 Å². The highest BCUT2D eigenvalue weighted by molar-refractivity contribution is 8.15. The van der Waals surface area contributed by atoms with Crippen molar-refractivity contribution in [2.75, 3.05) is 5.32 Å². The van der Waals surface area contributed by atoms with Crippen LogP contribution in [0.25, 0.3) is 0 Å². The van der Waals surface area contributed by atoms with E-state index in [1.807, 2.05) is 30.3 Å². The van der Waals surface area contributed by atoms with E-state index in [1.54, 1.807) is 0 Å². The number of hydrogen-bond acceptors (Lipinski definition) is 4. The van der Waals surface area contributed by atoms with Gasteiger partial charge in [0, 0.05) is 12.1 Å². The third kappa shape index (κ3) is 4.58. The van der Waals surface area contributed by atoms with Crippen molar-refractivity contribution in [1.82, 2.24) is 5.32 Å². The second-order valence-corrected chi connectivity index (χ2v) is 6.83. The van der Waals surface area contributed by atoms with Crippen molar-refractivity contribution in [2.45, 2.75) is 11.7 Å². The first kappa shape index (κ1) is 17.4. The number of thioether (sulfide) groups is 1. The van der Waals surface area contributed by atoms with E-state index in [0.29, 0.717) is 10.9 Å². The Morgan fingerprint density at radius 3 is 2.76 bits per heavy atom. The maximum Gasteiger partial charge on any atom is 0.240 e. The maximum atomic E-state index is 13.1. The van der Waals surface area contributed by atoms with E-state index in [-0.39, 0.29) is 23.3 Å². The number of halogens is 2. The molecule has 0 saturated carbocycles. The third-order valence-electron chi connectivity index (χ3n) is 3.34. The molecule has 1 heterocycles. The fourth-order valence-corrected chi connectivity index (χ4v) is 3.33. The summed E-state index contributed by atoms with van der Waals surface area (Å²) in [5.74, 6) is -1.20. The molecule has 2 aromatic carbocycles. The normalized spacial score (nSPS) is 18.2. The third-order valence-corrected chi connectivity index (χ3v) is 4.71. The van der Waals surface area contributed by atoms with Gasteiger partial charge >= 0.3 is 0 Å². The zero-order valence-electron chi connectivity index (χ0n) is 12.8. The van der Waals surface area contributed by atoms with Crippen molar-refractivity contribution in [3.05, 3.63) is 59.4 Å². The number of hydrogen-bond donors (Lipinski definition) is 2. The number of aliphatic imine (C=N–C) groups is 1. The molecule has 1 aliphatic rings. The quantitative estimate of drug-likeness (QED) is 0.852. The number of benzene rings is 2. The van der Waals surface area contributed by atoms with Crippen LogP contribution in [0.4, 0.5) is 15.8 Å². The summed E-state index contributed by atoms with van der Waals surface area (Å²) >= 11 is 6.88. The van der Waals surface area contributed by atoms with Gasteiger partial charge in [-0.15, -0.1) is 0 Å². The van der Waals surface area contributed by atoms with Crippen LogP contribution in [-0.2, 0) is 9.59 Å². The molecule has 2 aromatic rings. The van der Waals surface area contributed by atoms with Crippen LogP contribution < -0.4 is 10.6 Å². The van der Waals surface area contributed by atoms with E-state index in [0.717, 1.165) is 5.69 Å². The van der Waals surface area contributed by atoms with Crippen molar-refractivity contribution >= 4 is 51.7 Å². The average Bonchev–Trinajstić information content (AvgIpc) is 2.91. The van der Waals surface area contributed by atoms with Gasteiger partial charge < -0.3 is 10.6 Å². The minimum Gasteiger partial charge on any atom is -0.326 e. The molecule has 1 atom stereocenters. The number of nitrogens with zero attached hydrogens (tertiary/aromatic N) is 1. The molecular formula is C17H13ClFN3O2S. The number of anilines is 1. The van der Waals surface area contributed by atoms with E-state index >= 15 is 0 Å². The van der Waals surface area contributed by atoms with Crippen LogP contribution in [0.15, 0.2) is 53.5 Å². The highest BCUT2D eigenvalue weighted by atomic mass is 35.5. The molecule has 8 heteroatoms. The second kappa shape index (κ2) is 7.67. The summed E-state index contributed by atoms with van der Waals surface area (Å²) in [5, 5.41) is 5.07. The lowest BCUT2D eigenvalue weighted by Crippen LogP contribution is -2.28. The Labute approximate surface area is 152 Å². The summed E-state index contributed by atoms with van der Waals surface area (Å²) in [5.41, 5.74) is 1.09. The van der Waals surface area contributed by atoms with Gasteiger partial charge in [-0.1, -0.05) is 41.6 Å². The number of carbonyl (C=O) groups is 2. The smallest absolute Gasteiger partial charge is 0.240 e. The van der Waals surface area contributed by atoms with E-state index in [2.05, 4.69) is 15.6 Å². The Hall–Kier alpha value is -2.38. The van der Waals surface area contributed by atoms with Gasteiger partial charge in [0.2, 0.25) is 11.8 Å². The summed E-state index contributed by atoms with van der Waals surface area (Å²) < 4.78 is 13.1. The summed E-state index contributed by atoms with van der Waals surface area (Å²) in [6, 6.07) is 13.1. The molecule has 2 amide bonds. The van der Waals surface area contributed by atoms with Gasteiger partial charge in [0.05, 0.1) is 10.7 Å². The van der Waals surface area contributed by atoms with Crippen molar-refractivity contribution in [2.24, 2.45) is 4.99 Å². The number of nitrogens with one attached hydrogen (secondary N) is 2. The van der Waals surface area contributed by atoms with Crippen molar-refractivity contribution in [3.8, 4) is 0 Å². The number of para-hydroxylation sites is 1. The lowest BCUT2D eigenvalue weighted by molar-refractivity contribution is -0.122. The molecule has 0 bridgehead atoms. The van der Waals surface area contributed by atoms with Gasteiger partial charge in [0.15, 0.2) is 5.17 Å². The fourth-order valence-electron chi connectivity index (χ4n) is 2.17. The monoisotopic (exact) mass is 377 g/mol. The average molecular weight is 378 g/mol. The number of carbonyl (C=O) groups excluding carboxylic acids is 2. The molecule has 128 valence electrons. The Bertz CT molecular complexity index is 845. The molecule has 0 aromatic heterocycles. The predicted octanol–water partition coefficient (Wildman–Crippen LogP) is 3.73. The van der Waals surface area contributed by atoms with Crippen molar-refractivity contribution in [3.63, 3.8) is 0 Å². The van der Waals surface area contributed by atoms with Crippen LogP contribution >= 0.6 is 23.4 Å². The summed E-state index contributed by atoms with van der Waals surface area (Å²) in [6.45, 7) is 0. The first-order valence-corrected chi connectivity index (χ1v) is 8.63.